The lowest BCUT2D eigenvalue weighted by atomic mass is 10.0. The molecule has 2 heterocycles. The molecule has 1 atom stereocenters. The van der Waals surface area contributed by atoms with Crippen LogP contribution in [0.25, 0.3) is 11.0 Å². The van der Waals surface area contributed by atoms with Gasteiger partial charge >= 0.3 is 0 Å². The first kappa shape index (κ1) is 20.7. The number of nitrogens with one attached hydrogen (secondary N) is 1. The summed E-state index contributed by atoms with van der Waals surface area (Å²) in [5, 5.41) is 4.22. The SMILES string of the molecule is Cc1ccc([C@@H](CNC(=O)c2oc3cc(C)cc(C)c3c2C)N2CCCCC2)cc1. The predicted molar refractivity (Wildman–Crippen MR) is 122 cm³/mol. The van der Waals surface area contributed by atoms with Crippen molar-refractivity contribution in [3.05, 3.63) is 70.0 Å². The average Bonchev–Trinajstić information content (AvgIpc) is 3.06. The third-order valence-electron chi connectivity index (χ3n) is 6.33. The molecule has 0 spiro atoms. The second-order valence-corrected chi connectivity index (χ2v) is 8.74. The number of fused-ring (bicyclic) bond motifs is 1. The average molecular weight is 405 g/mol. The van der Waals surface area contributed by atoms with E-state index in [2.05, 4.69) is 61.3 Å². The Balaban J connectivity index is 1.56. The van der Waals surface area contributed by atoms with Gasteiger partial charge in [0, 0.05) is 17.5 Å². The smallest absolute Gasteiger partial charge is 0.287 e. The van der Waals surface area contributed by atoms with E-state index in [1.165, 1.54) is 30.4 Å². The normalized spacial score (nSPS) is 16.0. The lowest BCUT2D eigenvalue weighted by Gasteiger charge is -2.35. The van der Waals surface area contributed by atoms with Crippen molar-refractivity contribution in [2.24, 2.45) is 0 Å². The second-order valence-electron chi connectivity index (χ2n) is 8.74. The molecule has 1 aliphatic rings. The van der Waals surface area contributed by atoms with E-state index in [0.29, 0.717) is 12.3 Å². The van der Waals surface area contributed by atoms with Crippen molar-refractivity contribution < 1.29 is 9.21 Å². The summed E-state index contributed by atoms with van der Waals surface area (Å²) >= 11 is 0. The van der Waals surface area contributed by atoms with Gasteiger partial charge < -0.3 is 9.73 Å². The number of rotatable bonds is 5. The Morgan fingerprint density at radius 3 is 2.40 bits per heavy atom. The quantitative estimate of drug-likeness (QED) is 0.600. The summed E-state index contributed by atoms with van der Waals surface area (Å²) in [6.45, 7) is 10.9. The van der Waals surface area contributed by atoms with Crippen LogP contribution in [-0.4, -0.2) is 30.4 Å². The first-order valence-corrected chi connectivity index (χ1v) is 11.0. The Kier molecular flexibility index (Phi) is 5.96. The molecule has 1 aliphatic heterocycles. The maximum atomic E-state index is 13.1. The van der Waals surface area contributed by atoms with E-state index in [0.717, 1.165) is 40.7 Å². The van der Waals surface area contributed by atoms with E-state index >= 15 is 0 Å². The number of likely N-dealkylation sites (tertiary alicyclic amines) is 1. The number of amides is 1. The summed E-state index contributed by atoms with van der Waals surface area (Å²) in [7, 11) is 0. The molecule has 4 rings (SSSR count). The van der Waals surface area contributed by atoms with Gasteiger partial charge in [-0.2, -0.15) is 0 Å². The number of furan rings is 1. The number of benzene rings is 2. The van der Waals surface area contributed by atoms with Crippen molar-refractivity contribution in [3.8, 4) is 0 Å². The molecular weight excluding hydrogens is 372 g/mol. The highest BCUT2D eigenvalue weighted by atomic mass is 16.3. The molecule has 0 bridgehead atoms. The first-order chi connectivity index (χ1) is 14.4. The van der Waals surface area contributed by atoms with Crippen LogP contribution in [0.3, 0.4) is 0 Å². The van der Waals surface area contributed by atoms with Crippen LogP contribution >= 0.6 is 0 Å². The Morgan fingerprint density at radius 2 is 1.70 bits per heavy atom. The highest BCUT2D eigenvalue weighted by molar-refractivity contribution is 6.00. The van der Waals surface area contributed by atoms with Gasteiger partial charge in [-0.3, -0.25) is 9.69 Å². The molecule has 1 aromatic heterocycles. The fraction of sp³-hybridized carbons (Fsp3) is 0.423. The van der Waals surface area contributed by atoms with Gasteiger partial charge in [-0.15, -0.1) is 0 Å². The molecule has 1 fully saturated rings. The lowest BCUT2D eigenvalue weighted by Crippen LogP contribution is -2.40. The summed E-state index contributed by atoms with van der Waals surface area (Å²) in [5.41, 5.74) is 6.52. The van der Waals surface area contributed by atoms with Crippen molar-refractivity contribution in [1.82, 2.24) is 10.2 Å². The van der Waals surface area contributed by atoms with E-state index in [4.69, 9.17) is 4.42 Å². The van der Waals surface area contributed by atoms with Crippen LogP contribution in [0.1, 0.15) is 63.7 Å². The van der Waals surface area contributed by atoms with Gasteiger partial charge in [0.25, 0.3) is 5.91 Å². The number of nitrogens with zero attached hydrogens (tertiary/aromatic N) is 1. The van der Waals surface area contributed by atoms with Gasteiger partial charge in [-0.25, -0.2) is 0 Å². The number of hydrogen-bond donors (Lipinski definition) is 1. The van der Waals surface area contributed by atoms with E-state index < -0.39 is 0 Å². The van der Waals surface area contributed by atoms with Crippen LogP contribution in [0.2, 0.25) is 0 Å². The third kappa shape index (κ3) is 4.15. The zero-order chi connectivity index (χ0) is 21.3. The molecule has 0 radical (unpaired) electrons. The van der Waals surface area contributed by atoms with E-state index in [1.54, 1.807) is 0 Å². The highest BCUT2D eigenvalue weighted by Gasteiger charge is 2.25. The van der Waals surface area contributed by atoms with Crippen LogP contribution < -0.4 is 5.32 Å². The number of piperidine rings is 1. The van der Waals surface area contributed by atoms with Crippen LogP contribution in [-0.2, 0) is 0 Å². The summed E-state index contributed by atoms with van der Waals surface area (Å²) < 4.78 is 6.00. The molecule has 30 heavy (non-hydrogen) atoms. The van der Waals surface area contributed by atoms with Gasteiger partial charge in [0.05, 0.1) is 6.04 Å². The molecule has 4 heteroatoms. The van der Waals surface area contributed by atoms with Crippen molar-refractivity contribution in [2.75, 3.05) is 19.6 Å². The topological polar surface area (TPSA) is 45.5 Å². The van der Waals surface area contributed by atoms with E-state index in [1.807, 2.05) is 13.0 Å². The fourth-order valence-corrected chi connectivity index (χ4v) is 4.75. The Bertz CT molecular complexity index is 1040. The van der Waals surface area contributed by atoms with E-state index in [9.17, 15) is 4.79 Å². The van der Waals surface area contributed by atoms with Crippen molar-refractivity contribution in [1.29, 1.82) is 0 Å². The number of aryl methyl sites for hydroxylation is 4. The third-order valence-corrected chi connectivity index (χ3v) is 6.33. The predicted octanol–water partition coefficient (Wildman–Crippen LogP) is 5.62. The molecule has 1 N–H and O–H groups in total. The van der Waals surface area contributed by atoms with Crippen LogP contribution in [0.5, 0.6) is 0 Å². The molecule has 3 aromatic rings. The zero-order valence-electron chi connectivity index (χ0n) is 18.5. The van der Waals surface area contributed by atoms with Crippen molar-refractivity contribution in [2.45, 2.75) is 53.0 Å². The Hall–Kier alpha value is -2.59. The molecule has 4 nitrogen and oxygen atoms in total. The number of carbonyl (C=O) groups excluding carboxylic acids is 1. The minimum atomic E-state index is -0.130. The standard InChI is InChI=1S/C26H32N2O2/c1-17-8-10-21(11-9-17)22(28-12-6-5-7-13-28)16-27-26(29)25-20(4)24-19(3)14-18(2)15-23(24)30-25/h8-11,14-15,22H,5-7,12-13,16H2,1-4H3,(H,27,29)/t22-/m1/s1. The lowest BCUT2D eigenvalue weighted by molar-refractivity contribution is 0.0898. The first-order valence-electron chi connectivity index (χ1n) is 11.0. The van der Waals surface area contributed by atoms with Gasteiger partial charge in [-0.1, -0.05) is 42.3 Å². The largest absolute Gasteiger partial charge is 0.451 e. The van der Waals surface area contributed by atoms with Gasteiger partial charge in [0.1, 0.15) is 5.58 Å². The molecule has 1 saturated heterocycles. The Morgan fingerprint density at radius 1 is 1.00 bits per heavy atom. The second kappa shape index (κ2) is 8.65. The number of hydrogen-bond acceptors (Lipinski definition) is 3. The van der Waals surface area contributed by atoms with Gasteiger partial charge in [-0.05, 0) is 76.4 Å². The van der Waals surface area contributed by atoms with Crippen molar-refractivity contribution in [3.63, 3.8) is 0 Å². The van der Waals surface area contributed by atoms with Crippen molar-refractivity contribution >= 4 is 16.9 Å². The molecule has 158 valence electrons. The van der Waals surface area contributed by atoms with E-state index in [-0.39, 0.29) is 11.9 Å². The fourth-order valence-electron chi connectivity index (χ4n) is 4.75. The van der Waals surface area contributed by atoms with Gasteiger partial charge in [0.15, 0.2) is 5.76 Å². The maximum Gasteiger partial charge on any atom is 0.287 e. The molecule has 0 aliphatic carbocycles. The minimum absolute atomic E-state index is 0.130. The molecule has 2 aromatic carbocycles. The number of carbonyl (C=O) groups is 1. The highest BCUT2D eigenvalue weighted by Crippen LogP contribution is 2.30. The monoisotopic (exact) mass is 404 g/mol. The molecule has 0 unspecified atom stereocenters. The maximum absolute atomic E-state index is 13.1. The van der Waals surface area contributed by atoms with Crippen LogP contribution in [0, 0.1) is 27.7 Å². The Labute approximate surface area is 179 Å². The minimum Gasteiger partial charge on any atom is -0.451 e. The summed E-state index contributed by atoms with van der Waals surface area (Å²) in [6, 6.07) is 13.0. The summed E-state index contributed by atoms with van der Waals surface area (Å²) in [4.78, 5) is 15.6. The molecule has 1 amide bonds. The van der Waals surface area contributed by atoms with Gasteiger partial charge in [0.2, 0.25) is 0 Å². The summed E-state index contributed by atoms with van der Waals surface area (Å²) in [6.07, 6.45) is 3.73. The molecular formula is C26H32N2O2. The zero-order valence-corrected chi connectivity index (χ0v) is 18.5. The summed E-state index contributed by atoms with van der Waals surface area (Å²) in [5.74, 6) is 0.301. The van der Waals surface area contributed by atoms with Crippen LogP contribution in [0.15, 0.2) is 40.8 Å². The molecule has 0 saturated carbocycles. The van der Waals surface area contributed by atoms with Crippen LogP contribution in [0.4, 0.5) is 0 Å².